The van der Waals surface area contributed by atoms with E-state index in [2.05, 4.69) is 5.10 Å². The SMILES string of the molecule is Fc1ccc(-c2c3cccc(Cl)c3nn2Cc2ccc(F)cc2F)cc1. The molecule has 0 amide bonds. The Kier molecular flexibility index (Phi) is 4.17. The van der Waals surface area contributed by atoms with Crippen LogP contribution in [0.2, 0.25) is 5.02 Å². The van der Waals surface area contributed by atoms with Crippen LogP contribution >= 0.6 is 11.6 Å². The molecule has 0 radical (unpaired) electrons. The molecule has 1 heterocycles. The first kappa shape index (κ1) is 16.7. The van der Waals surface area contributed by atoms with Gasteiger partial charge in [-0.1, -0.05) is 29.8 Å². The summed E-state index contributed by atoms with van der Waals surface area (Å²) < 4.78 is 42.2. The van der Waals surface area contributed by atoms with Crippen LogP contribution in [-0.4, -0.2) is 9.78 Å². The molecule has 0 N–H and O–H groups in total. The second-order valence-corrected chi connectivity index (χ2v) is 6.29. The van der Waals surface area contributed by atoms with Gasteiger partial charge in [-0.25, -0.2) is 13.2 Å². The summed E-state index contributed by atoms with van der Waals surface area (Å²) in [6.45, 7) is 0.0871. The van der Waals surface area contributed by atoms with Gasteiger partial charge in [-0.05, 0) is 36.4 Å². The number of benzene rings is 3. The van der Waals surface area contributed by atoms with Gasteiger partial charge in [-0.3, -0.25) is 4.68 Å². The van der Waals surface area contributed by atoms with Gasteiger partial charge in [0.05, 0.1) is 17.3 Å². The molecule has 0 bridgehead atoms. The lowest BCUT2D eigenvalue weighted by Gasteiger charge is -2.09. The molecule has 0 saturated heterocycles. The first-order valence-corrected chi connectivity index (χ1v) is 8.25. The summed E-state index contributed by atoms with van der Waals surface area (Å²) in [6, 6.07) is 14.7. The minimum absolute atomic E-state index is 0.0871. The van der Waals surface area contributed by atoms with E-state index in [-0.39, 0.29) is 12.4 Å². The third-order valence-electron chi connectivity index (χ3n) is 4.17. The highest BCUT2D eigenvalue weighted by Crippen LogP contribution is 2.33. The van der Waals surface area contributed by atoms with Crippen LogP contribution in [0.4, 0.5) is 13.2 Å². The van der Waals surface area contributed by atoms with Crippen molar-refractivity contribution in [2.75, 3.05) is 0 Å². The van der Waals surface area contributed by atoms with Crippen molar-refractivity contribution in [2.24, 2.45) is 0 Å². The molecule has 4 rings (SSSR count). The molecule has 0 aliphatic heterocycles. The lowest BCUT2D eigenvalue weighted by Crippen LogP contribution is -2.06. The first-order valence-electron chi connectivity index (χ1n) is 7.88. The fourth-order valence-corrected chi connectivity index (χ4v) is 3.17. The van der Waals surface area contributed by atoms with E-state index in [0.29, 0.717) is 21.8 Å². The van der Waals surface area contributed by atoms with Crippen LogP contribution in [0.25, 0.3) is 22.2 Å². The lowest BCUT2D eigenvalue weighted by atomic mass is 10.1. The van der Waals surface area contributed by atoms with Gasteiger partial charge in [0.2, 0.25) is 0 Å². The van der Waals surface area contributed by atoms with Crippen molar-refractivity contribution in [2.45, 2.75) is 6.54 Å². The Morgan fingerprint density at radius 3 is 2.35 bits per heavy atom. The van der Waals surface area contributed by atoms with Gasteiger partial charge in [0.25, 0.3) is 0 Å². The van der Waals surface area contributed by atoms with Gasteiger partial charge >= 0.3 is 0 Å². The fourth-order valence-electron chi connectivity index (χ4n) is 2.96. The number of nitrogens with zero attached hydrogens (tertiary/aromatic N) is 2. The molecule has 3 aromatic carbocycles. The minimum atomic E-state index is -0.652. The van der Waals surface area contributed by atoms with E-state index in [4.69, 9.17) is 11.6 Å². The second kappa shape index (κ2) is 6.50. The van der Waals surface area contributed by atoms with Crippen molar-refractivity contribution >= 4 is 22.5 Å². The predicted molar refractivity (Wildman–Crippen MR) is 95.6 cm³/mol. The van der Waals surface area contributed by atoms with Crippen LogP contribution in [0.5, 0.6) is 0 Å². The van der Waals surface area contributed by atoms with Gasteiger partial charge in [-0.15, -0.1) is 0 Å². The number of rotatable bonds is 3. The molecule has 0 unspecified atom stereocenters. The molecule has 1 aromatic heterocycles. The maximum absolute atomic E-state index is 14.1. The van der Waals surface area contributed by atoms with Gasteiger partial charge < -0.3 is 0 Å². The quantitative estimate of drug-likeness (QED) is 0.443. The van der Waals surface area contributed by atoms with E-state index in [1.807, 2.05) is 6.07 Å². The zero-order valence-electron chi connectivity index (χ0n) is 13.4. The summed E-state index contributed by atoms with van der Waals surface area (Å²) in [5.41, 5.74) is 2.26. The standard InChI is InChI=1S/C20H12ClF3N2/c21-17-3-1-2-16-19(17)25-26(11-13-6-9-15(23)10-18(13)24)20(16)12-4-7-14(22)8-5-12/h1-10H,11H2. The zero-order chi connectivity index (χ0) is 18.3. The Bertz CT molecular complexity index is 1100. The van der Waals surface area contributed by atoms with Crippen LogP contribution in [0.1, 0.15) is 5.56 Å². The third kappa shape index (κ3) is 2.95. The Morgan fingerprint density at radius 1 is 0.885 bits per heavy atom. The number of aromatic nitrogens is 2. The number of hydrogen-bond donors (Lipinski definition) is 0. The van der Waals surface area contributed by atoms with E-state index >= 15 is 0 Å². The van der Waals surface area contributed by atoms with Gasteiger partial charge in [0.15, 0.2) is 0 Å². The van der Waals surface area contributed by atoms with Crippen molar-refractivity contribution in [3.63, 3.8) is 0 Å². The average Bonchev–Trinajstić information content (AvgIpc) is 2.98. The molecule has 4 aromatic rings. The summed E-state index contributed by atoms with van der Waals surface area (Å²) >= 11 is 6.25. The Balaban J connectivity index is 1.92. The van der Waals surface area contributed by atoms with E-state index in [1.54, 1.807) is 28.9 Å². The molecule has 0 saturated carbocycles. The maximum Gasteiger partial charge on any atom is 0.131 e. The molecule has 26 heavy (non-hydrogen) atoms. The third-order valence-corrected chi connectivity index (χ3v) is 4.48. The summed E-state index contributed by atoms with van der Waals surface area (Å²) in [5, 5.41) is 5.73. The topological polar surface area (TPSA) is 17.8 Å². The molecule has 2 nitrogen and oxygen atoms in total. The van der Waals surface area contributed by atoms with Crippen molar-refractivity contribution in [1.82, 2.24) is 9.78 Å². The second-order valence-electron chi connectivity index (χ2n) is 5.88. The Labute approximate surface area is 152 Å². The predicted octanol–water partition coefficient (Wildman–Crippen LogP) is 5.82. The molecule has 0 atom stereocenters. The summed E-state index contributed by atoms with van der Waals surface area (Å²) in [6.07, 6.45) is 0. The molecular weight excluding hydrogens is 361 g/mol. The van der Waals surface area contributed by atoms with Gasteiger partial charge in [0, 0.05) is 22.6 Å². The van der Waals surface area contributed by atoms with Crippen LogP contribution in [0.3, 0.4) is 0 Å². The highest BCUT2D eigenvalue weighted by Gasteiger charge is 2.17. The summed E-state index contributed by atoms with van der Waals surface area (Å²) in [7, 11) is 0. The van der Waals surface area contributed by atoms with Crippen molar-refractivity contribution in [3.8, 4) is 11.3 Å². The first-order chi connectivity index (χ1) is 12.5. The molecule has 130 valence electrons. The lowest BCUT2D eigenvalue weighted by molar-refractivity contribution is 0.560. The van der Waals surface area contributed by atoms with Crippen molar-refractivity contribution < 1.29 is 13.2 Å². The average molecular weight is 373 g/mol. The highest BCUT2D eigenvalue weighted by atomic mass is 35.5. The summed E-state index contributed by atoms with van der Waals surface area (Å²) in [4.78, 5) is 0. The largest absolute Gasteiger partial charge is 0.259 e. The molecular formula is C20H12ClF3N2. The molecule has 0 fully saturated rings. The number of fused-ring (bicyclic) bond motifs is 1. The molecule has 0 aliphatic rings. The van der Waals surface area contributed by atoms with E-state index in [9.17, 15) is 13.2 Å². The summed E-state index contributed by atoms with van der Waals surface area (Å²) in [5.74, 6) is -1.65. The van der Waals surface area contributed by atoms with Crippen LogP contribution in [0, 0.1) is 17.5 Å². The smallest absolute Gasteiger partial charge is 0.131 e. The van der Waals surface area contributed by atoms with Gasteiger partial charge in [0.1, 0.15) is 23.0 Å². The van der Waals surface area contributed by atoms with Crippen molar-refractivity contribution in [3.05, 3.63) is 88.7 Å². The molecule has 0 aliphatic carbocycles. The van der Waals surface area contributed by atoms with Crippen LogP contribution in [0.15, 0.2) is 60.7 Å². The number of hydrogen-bond acceptors (Lipinski definition) is 1. The number of halogens is 4. The van der Waals surface area contributed by atoms with E-state index in [1.165, 1.54) is 24.3 Å². The highest BCUT2D eigenvalue weighted by molar-refractivity contribution is 6.35. The molecule has 0 spiro atoms. The van der Waals surface area contributed by atoms with Crippen LogP contribution < -0.4 is 0 Å². The molecule has 6 heteroatoms. The zero-order valence-corrected chi connectivity index (χ0v) is 14.1. The minimum Gasteiger partial charge on any atom is -0.259 e. The van der Waals surface area contributed by atoms with E-state index < -0.39 is 11.6 Å². The van der Waals surface area contributed by atoms with Gasteiger partial charge in [-0.2, -0.15) is 5.10 Å². The maximum atomic E-state index is 14.1. The Morgan fingerprint density at radius 2 is 1.62 bits per heavy atom. The normalized spacial score (nSPS) is 11.2. The monoisotopic (exact) mass is 372 g/mol. The fraction of sp³-hybridized carbons (Fsp3) is 0.0500. The van der Waals surface area contributed by atoms with Crippen LogP contribution in [-0.2, 0) is 6.54 Å². The van der Waals surface area contributed by atoms with E-state index in [0.717, 1.165) is 17.0 Å². The van der Waals surface area contributed by atoms with Crippen molar-refractivity contribution in [1.29, 1.82) is 0 Å². The Hall–Kier alpha value is -2.79.